The zero-order valence-corrected chi connectivity index (χ0v) is 15.0. The molecule has 3 aromatic rings. The Morgan fingerprint density at radius 3 is 2.19 bits per heavy atom. The van der Waals surface area contributed by atoms with Crippen molar-refractivity contribution in [2.24, 2.45) is 0 Å². The van der Waals surface area contributed by atoms with Crippen molar-refractivity contribution in [2.75, 3.05) is 18.9 Å². The summed E-state index contributed by atoms with van der Waals surface area (Å²) in [6.07, 6.45) is 0. The van der Waals surface area contributed by atoms with Crippen molar-refractivity contribution < 1.29 is 24.6 Å². The van der Waals surface area contributed by atoms with Crippen molar-refractivity contribution in [1.82, 2.24) is 9.88 Å². The van der Waals surface area contributed by atoms with Crippen LogP contribution in [-0.2, 0) is 20.9 Å². The number of nitrogens with zero attached hydrogens (tertiary/aromatic N) is 1. The molecule has 0 fully saturated rings. The highest BCUT2D eigenvalue weighted by Crippen LogP contribution is 2.30. The fraction of sp³-hybridized carbons (Fsp3) is 0.211. The van der Waals surface area contributed by atoms with Gasteiger partial charge in [-0.1, -0.05) is 18.2 Å². The molecule has 1 aromatic heterocycles. The molecule has 4 N–H and O–H groups in total. The fourth-order valence-electron chi connectivity index (χ4n) is 2.84. The largest absolute Gasteiger partial charge is 0.473 e. The van der Waals surface area contributed by atoms with E-state index in [9.17, 15) is 4.79 Å². The third-order valence-electron chi connectivity index (χ3n) is 3.89. The summed E-state index contributed by atoms with van der Waals surface area (Å²) in [4.78, 5) is 29.9. The van der Waals surface area contributed by atoms with E-state index in [0.717, 1.165) is 12.2 Å². The van der Waals surface area contributed by atoms with Gasteiger partial charge in [0.2, 0.25) is 5.91 Å². The predicted octanol–water partition coefficient (Wildman–Crippen LogP) is 2.13. The van der Waals surface area contributed by atoms with Crippen LogP contribution in [0.4, 0.5) is 5.69 Å². The number of amides is 1. The van der Waals surface area contributed by atoms with Crippen LogP contribution in [0.15, 0.2) is 42.5 Å². The minimum absolute atomic E-state index is 0.0314. The lowest BCUT2D eigenvalue weighted by Gasteiger charge is -2.06. The zero-order chi connectivity index (χ0) is 20.0. The van der Waals surface area contributed by atoms with E-state index in [1.165, 1.54) is 21.8 Å². The highest BCUT2D eigenvalue weighted by Gasteiger charge is 2.10. The van der Waals surface area contributed by atoms with Gasteiger partial charge in [-0.15, -0.1) is 0 Å². The summed E-state index contributed by atoms with van der Waals surface area (Å²) in [7, 11) is 1.76. The molecule has 0 aliphatic rings. The van der Waals surface area contributed by atoms with Gasteiger partial charge in [-0.25, -0.2) is 9.59 Å². The van der Waals surface area contributed by atoms with E-state index in [1.54, 1.807) is 7.05 Å². The summed E-state index contributed by atoms with van der Waals surface area (Å²) in [5.41, 5.74) is 3.26. The number of para-hydroxylation sites is 1. The molecule has 1 amide bonds. The second-order valence-electron chi connectivity index (χ2n) is 5.68. The molecule has 0 radical (unpaired) electrons. The summed E-state index contributed by atoms with van der Waals surface area (Å²) < 4.78 is 2.30. The van der Waals surface area contributed by atoms with Crippen molar-refractivity contribution in [3.63, 3.8) is 0 Å². The van der Waals surface area contributed by atoms with E-state index in [-0.39, 0.29) is 5.91 Å². The molecule has 0 saturated carbocycles. The maximum absolute atomic E-state index is 11.7. The molecule has 0 spiro atoms. The lowest BCUT2D eigenvalue weighted by Crippen LogP contribution is -2.24. The molecular formula is C19H21N3O5. The Balaban J connectivity index is 0.000000380. The van der Waals surface area contributed by atoms with Gasteiger partial charge in [0.15, 0.2) is 0 Å². The molecule has 8 heteroatoms. The van der Waals surface area contributed by atoms with E-state index >= 15 is 0 Å². The van der Waals surface area contributed by atoms with Crippen LogP contribution in [0.25, 0.3) is 21.8 Å². The topological polar surface area (TPSA) is 121 Å². The number of aryl methyl sites for hydroxylation is 1. The van der Waals surface area contributed by atoms with Crippen LogP contribution in [0.1, 0.15) is 6.92 Å². The van der Waals surface area contributed by atoms with Gasteiger partial charge in [-0.3, -0.25) is 4.79 Å². The highest BCUT2D eigenvalue weighted by atomic mass is 16.4. The molecular weight excluding hydrogens is 350 g/mol. The molecule has 0 bridgehead atoms. The molecule has 0 unspecified atom stereocenters. The Bertz CT molecular complexity index is 982. The Morgan fingerprint density at radius 2 is 1.59 bits per heavy atom. The molecule has 0 aliphatic carbocycles. The number of hydrogen-bond donors (Lipinski definition) is 4. The highest BCUT2D eigenvalue weighted by molar-refractivity contribution is 6.27. The van der Waals surface area contributed by atoms with Crippen molar-refractivity contribution in [1.29, 1.82) is 0 Å². The number of carboxylic acids is 2. The van der Waals surface area contributed by atoms with Crippen molar-refractivity contribution >= 4 is 45.3 Å². The maximum atomic E-state index is 11.7. The minimum Gasteiger partial charge on any atom is -0.473 e. The number of nitrogens with one attached hydrogen (secondary N) is 2. The lowest BCUT2D eigenvalue weighted by atomic mass is 10.1. The number of carboxylic acid groups (broad SMARTS) is 2. The summed E-state index contributed by atoms with van der Waals surface area (Å²) >= 11 is 0. The second-order valence-corrected chi connectivity index (χ2v) is 5.68. The molecule has 0 saturated heterocycles. The number of rotatable bonds is 4. The first kappa shape index (κ1) is 19.9. The van der Waals surface area contributed by atoms with Gasteiger partial charge in [0, 0.05) is 34.0 Å². The van der Waals surface area contributed by atoms with Crippen LogP contribution >= 0.6 is 0 Å². The number of benzene rings is 2. The smallest absolute Gasteiger partial charge is 0.414 e. The third kappa shape index (κ3) is 4.62. The zero-order valence-electron chi connectivity index (χ0n) is 15.0. The van der Waals surface area contributed by atoms with Crippen molar-refractivity contribution in [3.8, 4) is 0 Å². The standard InChI is InChI=1S/C17H19N3O.C2H2O4/c1-3-20-15-7-5-4-6-13(15)14-10-12(8-9-16(14)20)19-17(21)11-18-2;3-1(4)2(5)6/h4-10,18H,3,11H2,1-2H3,(H,19,21);(H,3,4)(H,5,6). The average molecular weight is 371 g/mol. The van der Waals surface area contributed by atoms with Gasteiger partial charge in [-0.05, 0) is 38.2 Å². The van der Waals surface area contributed by atoms with Crippen LogP contribution < -0.4 is 10.6 Å². The first-order valence-corrected chi connectivity index (χ1v) is 8.30. The SMILES string of the molecule is CCn1c2ccccc2c2cc(NC(=O)CNC)ccc21.O=C(O)C(=O)O. The number of aliphatic carboxylic acids is 2. The van der Waals surface area contributed by atoms with Crippen LogP contribution in [0.3, 0.4) is 0 Å². The summed E-state index contributed by atoms with van der Waals surface area (Å²) in [6.45, 7) is 3.39. The molecule has 1 heterocycles. The molecule has 0 aliphatic heterocycles. The molecule has 8 nitrogen and oxygen atoms in total. The van der Waals surface area contributed by atoms with E-state index in [4.69, 9.17) is 19.8 Å². The Hall–Kier alpha value is -3.39. The Morgan fingerprint density at radius 1 is 0.963 bits per heavy atom. The predicted molar refractivity (Wildman–Crippen MR) is 103 cm³/mol. The van der Waals surface area contributed by atoms with Gasteiger partial charge in [0.25, 0.3) is 0 Å². The van der Waals surface area contributed by atoms with E-state index < -0.39 is 11.9 Å². The van der Waals surface area contributed by atoms with Gasteiger partial charge in [0.1, 0.15) is 0 Å². The van der Waals surface area contributed by atoms with E-state index in [0.29, 0.717) is 6.54 Å². The van der Waals surface area contributed by atoms with Crippen molar-refractivity contribution in [2.45, 2.75) is 13.5 Å². The average Bonchev–Trinajstić information content (AvgIpc) is 2.95. The van der Waals surface area contributed by atoms with E-state index in [2.05, 4.69) is 52.5 Å². The monoisotopic (exact) mass is 371 g/mol. The number of hydrogen-bond acceptors (Lipinski definition) is 4. The van der Waals surface area contributed by atoms with Crippen molar-refractivity contribution in [3.05, 3.63) is 42.5 Å². The van der Waals surface area contributed by atoms with Crippen LogP contribution in [-0.4, -0.2) is 46.2 Å². The lowest BCUT2D eigenvalue weighted by molar-refractivity contribution is -0.159. The Labute approximate surface area is 155 Å². The van der Waals surface area contributed by atoms with Crippen LogP contribution in [0.5, 0.6) is 0 Å². The van der Waals surface area contributed by atoms with Crippen LogP contribution in [0, 0.1) is 0 Å². The second kappa shape index (κ2) is 8.81. The summed E-state index contributed by atoms with van der Waals surface area (Å²) in [5, 5.41) is 22.9. The minimum atomic E-state index is -1.82. The summed E-state index contributed by atoms with van der Waals surface area (Å²) in [6, 6.07) is 14.5. The van der Waals surface area contributed by atoms with Gasteiger partial charge in [-0.2, -0.15) is 0 Å². The number of aromatic nitrogens is 1. The van der Waals surface area contributed by atoms with Gasteiger partial charge >= 0.3 is 11.9 Å². The van der Waals surface area contributed by atoms with Gasteiger partial charge < -0.3 is 25.4 Å². The first-order valence-electron chi connectivity index (χ1n) is 8.30. The number of anilines is 1. The van der Waals surface area contributed by atoms with E-state index in [1.807, 2.05) is 12.1 Å². The third-order valence-corrected chi connectivity index (χ3v) is 3.89. The van der Waals surface area contributed by atoms with Crippen LogP contribution in [0.2, 0.25) is 0 Å². The Kier molecular flexibility index (Phi) is 6.51. The quantitative estimate of drug-likeness (QED) is 0.522. The first-order chi connectivity index (χ1) is 12.9. The normalized spacial score (nSPS) is 10.3. The number of carbonyl (C=O) groups is 3. The number of fused-ring (bicyclic) bond motifs is 3. The molecule has 0 atom stereocenters. The maximum Gasteiger partial charge on any atom is 0.414 e. The molecule has 2 aromatic carbocycles. The molecule has 142 valence electrons. The number of carbonyl (C=O) groups excluding carboxylic acids is 1. The molecule has 3 rings (SSSR count). The fourth-order valence-corrected chi connectivity index (χ4v) is 2.84. The molecule has 27 heavy (non-hydrogen) atoms. The number of likely N-dealkylation sites (N-methyl/N-ethyl adjacent to an activating group) is 1. The summed E-state index contributed by atoms with van der Waals surface area (Å²) in [5.74, 6) is -3.68. The van der Waals surface area contributed by atoms with Gasteiger partial charge in [0.05, 0.1) is 6.54 Å².